The molecule has 17 heavy (non-hydrogen) atoms. The van der Waals surface area contributed by atoms with Crippen LogP contribution in [0.3, 0.4) is 0 Å². The molecule has 0 saturated heterocycles. The van der Waals surface area contributed by atoms with E-state index in [2.05, 4.69) is 25.2 Å². The van der Waals surface area contributed by atoms with Crippen LogP contribution in [0, 0.1) is 24.2 Å². The Hall–Kier alpha value is -1.31. The molecule has 1 heterocycles. The molecule has 0 aliphatic rings. The Morgan fingerprint density at radius 3 is 2.59 bits per heavy atom. The number of nitrogens with one attached hydrogen (secondary N) is 1. The molecule has 1 atom stereocenters. The van der Waals surface area contributed by atoms with Crippen LogP contribution in [0.2, 0.25) is 0 Å². The van der Waals surface area contributed by atoms with Crippen LogP contribution in [0.25, 0.3) is 0 Å². The number of nitriles is 1. The Bertz CT molecular complexity index is 415. The molecule has 0 radical (unpaired) electrons. The Kier molecular flexibility index (Phi) is 4.73. The van der Waals surface area contributed by atoms with Gasteiger partial charge < -0.3 is 15.0 Å². The number of aromatic nitrogens is 1. The van der Waals surface area contributed by atoms with Gasteiger partial charge in [0.05, 0.1) is 6.61 Å². The molecule has 0 bridgehead atoms. The summed E-state index contributed by atoms with van der Waals surface area (Å²) in [5.74, 6) is 0.388. The van der Waals surface area contributed by atoms with Gasteiger partial charge in [-0.1, -0.05) is 13.8 Å². The third kappa shape index (κ3) is 3.09. The molecule has 1 aromatic rings. The Labute approximate surface area is 103 Å². The molecule has 1 aromatic heterocycles. The predicted molar refractivity (Wildman–Crippen MR) is 67.4 cm³/mol. The zero-order valence-electron chi connectivity index (χ0n) is 11.0. The standard InChI is InChI=1S/C13H21N3O/c1-9(2)13(8-17)15-7-11-5-12(6-14)16(4)10(11)3/h5,9,13,15,17H,7-8H2,1-4H3/t13-/m1/s1. The zero-order valence-corrected chi connectivity index (χ0v) is 11.0. The molecule has 94 valence electrons. The average Bonchev–Trinajstić information content (AvgIpc) is 2.57. The largest absolute Gasteiger partial charge is 0.395 e. The summed E-state index contributed by atoms with van der Waals surface area (Å²) in [5, 5.41) is 21.5. The Balaban J connectivity index is 2.73. The fourth-order valence-corrected chi connectivity index (χ4v) is 1.80. The summed E-state index contributed by atoms with van der Waals surface area (Å²) >= 11 is 0. The summed E-state index contributed by atoms with van der Waals surface area (Å²) in [6.45, 7) is 6.97. The van der Waals surface area contributed by atoms with Crippen LogP contribution >= 0.6 is 0 Å². The SMILES string of the molecule is Cc1c(CN[C@H](CO)C(C)C)cc(C#N)n1C. The number of nitrogens with zero attached hydrogens (tertiary/aromatic N) is 2. The number of rotatable bonds is 5. The molecule has 0 saturated carbocycles. The minimum absolute atomic E-state index is 0.0974. The van der Waals surface area contributed by atoms with Crippen molar-refractivity contribution in [1.29, 1.82) is 5.26 Å². The van der Waals surface area contributed by atoms with Crippen LogP contribution in [0.1, 0.15) is 30.8 Å². The van der Waals surface area contributed by atoms with E-state index in [1.54, 1.807) is 0 Å². The minimum atomic E-state index is 0.0974. The van der Waals surface area contributed by atoms with E-state index in [4.69, 9.17) is 5.26 Å². The van der Waals surface area contributed by atoms with Gasteiger partial charge in [-0.3, -0.25) is 0 Å². The molecule has 0 unspecified atom stereocenters. The molecular weight excluding hydrogens is 214 g/mol. The van der Waals surface area contributed by atoms with E-state index in [1.807, 2.05) is 24.6 Å². The van der Waals surface area contributed by atoms with Gasteiger partial charge >= 0.3 is 0 Å². The van der Waals surface area contributed by atoms with Crippen molar-refractivity contribution in [2.45, 2.75) is 33.4 Å². The highest BCUT2D eigenvalue weighted by Crippen LogP contribution is 2.13. The van der Waals surface area contributed by atoms with Crippen LogP contribution in [0.5, 0.6) is 0 Å². The first kappa shape index (κ1) is 13.8. The normalized spacial score (nSPS) is 12.8. The number of hydrogen-bond acceptors (Lipinski definition) is 3. The second-order valence-corrected chi connectivity index (χ2v) is 4.73. The van der Waals surface area contributed by atoms with E-state index in [1.165, 1.54) is 0 Å². The first-order chi connectivity index (χ1) is 8.01. The van der Waals surface area contributed by atoms with Crippen molar-refractivity contribution in [3.05, 3.63) is 23.0 Å². The Morgan fingerprint density at radius 2 is 2.18 bits per heavy atom. The van der Waals surface area contributed by atoms with Crippen molar-refractivity contribution in [1.82, 2.24) is 9.88 Å². The van der Waals surface area contributed by atoms with Gasteiger partial charge in [0, 0.05) is 25.3 Å². The van der Waals surface area contributed by atoms with E-state index >= 15 is 0 Å². The highest BCUT2D eigenvalue weighted by molar-refractivity contribution is 5.34. The molecule has 0 aromatic carbocycles. The third-order valence-corrected chi connectivity index (χ3v) is 3.31. The van der Waals surface area contributed by atoms with E-state index in [-0.39, 0.29) is 12.6 Å². The third-order valence-electron chi connectivity index (χ3n) is 3.31. The maximum atomic E-state index is 9.23. The van der Waals surface area contributed by atoms with Gasteiger partial charge in [-0.25, -0.2) is 0 Å². The van der Waals surface area contributed by atoms with Crippen molar-refractivity contribution >= 4 is 0 Å². The van der Waals surface area contributed by atoms with Gasteiger partial charge in [0.25, 0.3) is 0 Å². The van der Waals surface area contributed by atoms with E-state index < -0.39 is 0 Å². The molecule has 0 aliphatic heterocycles. The maximum absolute atomic E-state index is 9.23. The van der Waals surface area contributed by atoms with Gasteiger partial charge in [-0.05, 0) is 24.5 Å². The molecule has 4 heteroatoms. The molecule has 0 aliphatic carbocycles. The Morgan fingerprint density at radius 1 is 1.53 bits per heavy atom. The summed E-state index contributed by atoms with van der Waals surface area (Å²) in [7, 11) is 1.89. The summed E-state index contributed by atoms with van der Waals surface area (Å²) in [4.78, 5) is 0. The monoisotopic (exact) mass is 235 g/mol. The summed E-state index contributed by atoms with van der Waals surface area (Å²) in [6, 6.07) is 4.16. The summed E-state index contributed by atoms with van der Waals surface area (Å²) in [5.41, 5.74) is 2.88. The molecule has 1 rings (SSSR count). The average molecular weight is 235 g/mol. The van der Waals surface area contributed by atoms with Crippen molar-refractivity contribution < 1.29 is 5.11 Å². The second kappa shape index (κ2) is 5.85. The van der Waals surface area contributed by atoms with Crippen LogP contribution in [0.15, 0.2) is 6.07 Å². The lowest BCUT2D eigenvalue weighted by atomic mass is 10.1. The maximum Gasteiger partial charge on any atom is 0.120 e. The summed E-state index contributed by atoms with van der Waals surface area (Å²) in [6.07, 6.45) is 0. The highest BCUT2D eigenvalue weighted by Gasteiger charge is 2.13. The zero-order chi connectivity index (χ0) is 13.0. The fraction of sp³-hybridized carbons (Fsp3) is 0.615. The van der Waals surface area contributed by atoms with E-state index in [9.17, 15) is 5.11 Å². The van der Waals surface area contributed by atoms with Crippen LogP contribution in [-0.2, 0) is 13.6 Å². The van der Waals surface area contributed by atoms with Gasteiger partial charge in [0.1, 0.15) is 11.8 Å². The van der Waals surface area contributed by atoms with Gasteiger partial charge in [-0.15, -0.1) is 0 Å². The first-order valence-corrected chi connectivity index (χ1v) is 5.90. The molecule has 2 N–H and O–H groups in total. The highest BCUT2D eigenvalue weighted by atomic mass is 16.3. The van der Waals surface area contributed by atoms with Crippen LogP contribution in [-0.4, -0.2) is 22.3 Å². The molecule has 4 nitrogen and oxygen atoms in total. The molecule has 0 spiro atoms. The van der Waals surface area contributed by atoms with Crippen molar-refractivity contribution in [3.63, 3.8) is 0 Å². The van der Waals surface area contributed by atoms with Crippen LogP contribution < -0.4 is 5.32 Å². The lowest BCUT2D eigenvalue weighted by molar-refractivity contribution is 0.210. The van der Waals surface area contributed by atoms with E-state index in [0.717, 1.165) is 11.3 Å². The fourth-order valence-electron chi connectivity index (χ4n) is 1.80. The molecular formula is C13H21N3O. The van der Waals surface area contributed by atoms with Crippen molar-refractivity contribution in [2.24, 2.45) is 13.0 Å². The molecule has 0 fully saturated rings. The minimum Gasteiger partial charge on any atom is -0.395 e. The van der Waals surface area contributed by atoms with Gasteiger partial charge in [0.2, 0.25) is 0 Å². The summed E-state index contributed by atoms with van der Waals surface area (Å²) < 4.78 is 1.89. The lowest BCUT2D eigenvalue weighted by Crippen LogP contribution is -2.36. The quantitative estimate of drug-likeness (QED) is 0.809. The van der Waals surface area contributed by atoms with Crippen molar-refractivity contribution in [3.8, 4) is 6.07 Å². The van der Waals surface area contributed by atoms with Crippen LogP contribution in [0.4, 0.5) is 0 Å². The second-order valence-electron chi connectivity index (χ2n) is 4.73. The van der Waals surface area contributed by atoms with Gasteiger partial charge in [-0.2, -0.15) is 5.26 Å². The van der Waals surface area contributed by atoms with Crippen molar-refractivity contribution in [2.75, 3.05) is 6.61 Å². The number of hydrogen-bond donors (Lipinski definition) is 2. The number of aliphatic hydroxyl groups is 1. The van der Waals surface area contributed by atoms with E-state index in [0.29, 0.717) is 18.2 Å². The topological polar surface area (TPSA) is 61.0 Å². The lowest BCUT2D eigenvalue weighted by Gasteiger charge is -2.19. The smallest absolute Gasteiger partial charge is 0.120 e. The first-order valence-electron chi connectivity index (χ1n) is 5.90. The van der Waals surface area contributed by atoms with Gasteiger partial charge in [0.15, 0.2) is 0 Å². The number of aliphatic hydroxyl groups excluding tert-OH is 1. The molecule has 0 amide bonds. The predicted octanol–water partition coefficient (Wildman–Crippen LogP) is 1.31.